The highest BCUT2D eigenvalue weighted by atomic mass is 35.5. The van der Waals surface area contributed by atoms with Crippen LogP contribution in [0.4, 0.5) is 5.69 Å². The van der Waals surface area contributed by atoms with Gasteiger partial charge in [-0.25, -0.2) is 4.79 Å². The van der Waals surface area contributed by atoms with Gasteiger partial charge in [0.25, 0.3) is 0 Å². The van der Waals surface area contributed by atoms with E-state index >= 15 is 0 Å². The molecule has 0 aliphatic carbocycles. The summed E-state index contributed by atoms with van der Waals surface area (Å²) < 4.78 is 0. The number of carboxylic acids is 1. The summed E-state index contributed by atoms with van der Waals surface area (Å²) in [6, 6.07) is 4.23. The van der Waals surface area contributed by atoms with Crippen LogP contribution in [0.3, 0.4) is 0 Å². The fourth-order valence-electron chi connectivity index (χ4n) is 1.38. The Hall–Kier alpha value is -1.55. The topological polar surface area (TPSA) is 66.4 Å². The number of nitrogens with one attached hydrogen (secondary N) is 1. The molecule has 4 nitrogen and oxygen atoms in total. The van der Waals surface area contributed by atoms with E-state index in [9.17, 15) is 9.59 Å². The standard InChI is InChI=1S/C13H16ClNO3/c1-8(2)3-6-12(16)15-11-5-4-9(13(17)18)7-10(11)14/h4-5,7-8H,3,6H2,1-2H3,(H,15,16)(H,17,18). The second kappa shape index (κ2) is 6.40. The van der Waals surface area contributed by atoms with Gasteiger partial charge in [0, 0.05) is 6.42 Å². The second-order valence-electron chi connectivity index (χ2n) is 4.48. The minimum absolute atomic E-state index is 0.0974. The summed E-state index contributed by atoms with van der Waals surface area (Å²) in [5.74, 6) is -0.705. The summed E-state index contributed by atoms with van der Waals surface area (Å²) in [4.78, 5) is 22.3. The third kappa shape index (κ3) is 4.37. The van der Waals surface area contributed by atoms with Crippen molar-refractivity contribution in [3.63, 3.8) is 0 Å². The van der Waals surface area contributed by atoms with Gasteiger partial charge in [0.2, 0.25) is 5.91 Å². The van der Waals surface area contributed by atoms with Crippen molar-refractivity contribution in [1.29, 1.82) is 0 Å². The average Bonchev–Trinajstić information content (AvgIpc) is 2.29. The van der Waals surface area contributed by atoms with Crippen molar-refractivity contribution in [3.05, 3.63) is 28.8 Å². The number of anilines is 1. The van der Waals surface area contributed by atoms with Gasteiger partial charge in [-0.2, -0.15) is 0 Å². The maximum absolute atomic E-state index is 11.6. The Balaban J connectivity index is 2.68. The van der Waals surface area contributed by atoms with Crippen molar-refractivity contribution in [3.8, 4) is 0 Å². The molecule has 0 heterocycles. The van der Waals surface area contributed by atoms with E-state index in [0.717, 1.165) is 6.42 Å². The Bertz CT molecular complexity index is 458. The molecule has 0 aliphatic heterocycles. The summed E-state index contributed by atoms with van der Waals surface area (Å²) in [7, 11) is 0. The molecule has 0 atom stereocenters. The van der Waals surface area contributed by atoms with Crippen LogP contribution in [0.15, 0.2) is 18.2 Å². The van der Waals surface area contributed by atoms with Crippen LogP contribution >= 0.6 is 11.6 Å². The van der Waals surface area contributed by atoms with E-state index in [2.05, 4.69) is 5.32 Å². The van der Waals surface area contributed by atoms with Crippen molar-refractivity contribution in [2.24, 2.45) is 5.92 Å². The average molecular weight is 270 g/mol. The third-order valence-electron chi connectivity index (χ3n) is 2.44. The molecule has 5 heteroatoms. The molecular formula is C13H16ClNO3. The maximum atomic E-state index is 11.6. The van der Waals surface area contributed by atoms with E-state index < -0.39 is 5.97 Å². The number of hydrogen-bond donors (Lipinski definition) is 2. The van der Waals surface area contributed by atoms with Gasteiger partial charge in [-0.15, -0.1) is 0 Å². The zero-order chi connectivity index (χ0) is 13.7. The predicted octanol–water partition coefficient (Wildman–Crippen LogP) is 3.41. The number of rotatable bonds is 5. The van der Waals surface area contributed by atoms with Gasteiger partial charge in [0.15, 0.2) is 0 Å². The molecule has 0 radical (unpaired) electrons. The lowest BCUT2D eigenvalue weighted by atomic mass is 10.1. The molecule has 18 heavy (non-hydrogen) atoms. The van der Waals surface area contributed by atoms with Gasteiger partial charge in [-0.3, -0.25) is 4.79 Å². The molecule has 0 fully saturated rings. The number of carbonyl (C=O) groups is 2. The van der Waals surface area contributed by atoms with E-state index in [1.54, 1.807) is 0 Å². The highest BCUT2D eigenvalue weighted by Gasteiger charge is 2.09. The molecule has 1 aromatic rings. The number of halogens is 1. The van der Waals surface area contributed by atoms with E-state index in [1.165, 1.54) is 18.2 Å². The van der Waals surface area contributed by atoms with Gasteiger partial charge in [0.1, 0.15) is 0 Å². The summed E-state index contributed by atoms with van der Waals surface area (Å²) in [5.41, 5.74) is 0.538. The van der Waals surface area contributed by atoms with Gasteiger partial charge in [0.05, 0.1) is 16.3 Å². The van der Waals surface area contributed by atoms with Crippen LogP contribution in [0.2, 0.25) is 5.02 Å². The summed E-state index contributed by atoms with van der Waals surface area (Å²) in [5, 5.41) is 11.7. The highest BCUT2D eigenvalue weighted by molar-refractivity contribution is 6.34. The lowest BCUT2D eigenvalue weighted by Gasteiger charge is -2.08. The van der Waals surface area contributed by atoms with Crippen molar-refractivity contribution in [2.45, 2.75) is 26.7 Å². The summed E-state index contributed by atoms with van der Waals surface area (Å²) in [6.07, 6.45) is 1.23. The van der Waals surface area contributed by atoms with E-state index in [4.69, 9.17) is 16.7 Å². The van der Waals surface area contributed by atoms with Gasteiger partial charge in [-0.05, 0) is 30.5 Å². The minimum Gasteiger partial charge on any atom is -0.478 e. The molecule has 0 saturated heterocycles. The minimum atomic E-state index is -1.05. The molecule has 1 rings (SSSR count). The molecule has 0 unspecified atom stereocenters. The Morgan fingerprint density at radius 1 is 1.39 bits per heavy atom. The first-order chi connectivity index (χ1) is 8.40. The van der Waals surface area contributed by atoms with Crippen LogP contribution in [0.5, 0.6) is 0 Å². The molecule has 98 valence electrons. The van der Waals surface area contributed by atoms with E-state index in [-0.39, 0.29) is 16.5 Å². The first-order valence-corrected chi connectivity index (χ1v) is 6.10. The monoisotopic (exact) mass is 269 g/mol. The quantitative estimate of drug-likeness (QED) is 0.861. The van der Waals surface area contributed by atoms with Crippen LogP contribution in [-0.4, -0.2) is 17.0 Å². The normalized spacial score (nSPS) is 10.4. The van der Waals surface area contributed by atoms with Crippen molar-refractivity contribution < 1.29 is 14.7 Å². The number of aromatic carboxylic acids is 1. The Morgan fingerprint density at radius 2 is 2.06 bits per heavy atom. The van der Waals surface area contributed by atoms with E-state index in [1.807, 2.05) is 13.8 Å². The molecule has 2 N–H and O–H groups in total. The summed E-state index contributed by atoms with van der Waals surface area (Å²) >= 11 is 5.90. The van der Waals surface area contributed by atoms with Gasteiger partial charge in [-0.1, -0.05) is 25.4 Å². The third-order valence-corrected chi connectivity index (χ3v) is 2.75. The van der Waals surface area contributed by atoms with Crippen LogP contribution in [0.1, 0.15) is 37.0 Å². The zero-order valence-electron chi connectivity index (χ0n) is 10.4. The highest BCUT2D eigenvalue weighted by Crippen LogP contribution is 2.23. The molecule has 0 saturated carbocycles. The molecular weight excluding hydrogens is 254 g/mol. The molecule has 1 aromatic carbocycles. The maximum Gasteiger partial charge on any atom is 0.335 e. The van der Waals surface area contributed by atoms with Crippen LogP contribution in [-0.2, 0) is 4.79 Å². The van der Waals surface area contributed by atoms with Crippen LogP contribution in [0, 0.1) is 5.92 Å². The zero-order valence-corrected chi connectivity index (χ0v) is 11.1. The largest absolute Gasteiger partial charge is 0.478 e. The number of benzene rings is 1. The molecule has 0 aliphatic rings. The van der Waals surface area contributed by atoms with Crippen molar-refractivity contribution >= 4 is 29.2 Å². The van der Waals surface area contributed by atoms with Crippen molar-refractivity contribution in [1.82, 2.24) is 0 Å². The molecule has 0 spiro atoms. The lowest BCUT2D eigenvalue weighted by Crippen LogP contribution is -2.12. The predicted molar refractivity (Wildman–Crippen MR) is 71.1 cm³/mol. The second-order valence-corrected chi connectivity index (χ2v) is 4.89. The SMILES string of the molecule is CC(C)CCC(=O)Nc1ccc(C(=O)O)cc1Cl. The Kier molecular flexibility index (Phi) is 5.16. The number of carboxylic acid groups (broad SMARTS) is 1. The Labute approximate surface area is 111 Å². The number of carbonyl (C=O) groups excluding carboxylic acids is 1. The van der Waals surface area contributed by atoms with Gasteiger partial charge >= 0.3 is 5.97 Å². The van der Waals surface area contributed by atoms with Crippen molar-refractivity contribution in [2.75, 3.05) is 5.32 Å². The molecule has 0 bridgehead atoms. The fraction of sp³-hybridized carbons (Fsp3) is 0.385. The fourth-order valence-corrected chi connectivity index (χ4v) is 1.61. The molecule has 1 amide bonds. The summed E-state index contributed by atoms with van der Waals surface area (Å²) in [6.45, 7) is 4.09. The Morgan fingerprint density at radius 3 is 2.56 bits per heavy atom. The molecule has 0 aromatic heterocycles. The smallest absolute Gasteiger partial charge is 0.335 e. The number of hydrogen-bond acceptors (Lipinski definition) is 2. The van der Waals surface area contributed by atoms with Crippen LogP contribution in [0.25, 0.3) is 0 Å². The van der Waals surface area contributed by atoms with Crippen LogP contribution < -0.4 is 5.32 Å². The first-order valence-electron chi connectivity index (χ1n) is 5.73. The lowest BCUT2D eigenvalue weighted by molar-refractivity contribution is -0.116. The number of amides is 1. The first kappa shape index (κ1) is 14.5. The van der Waals surface area contributed by atoms with Gasteiger partial charge < -0.3 is 10.4 Å². The van der Waals surface area contributed by atoms with E-state index in [0.29, 0.717) is 18.0 Å².